The molecule has 0 saturated carbocycles. The van der Waals surface area contributed by atoms with Crippen molar-refractivity contribution >= 4 is 6.09 Å². The topological polar surface area (TPSA) is 83.6 Å². The van der Waals surface area contributed by atoms with Crippen LogP contribution in [0.4, 0.5) is 4.79 Å². The van der Waals surface area contributed by atoms with Gasteiger partial charge in [0.1, 0.15) is 17.2 Å². The number of aromatic nitrogens is 3. The molecule has 1 N–H and O–H groups in total. The van der Waals surface area contributed by atoms with E-state index in [1.807, 2.05) is 45.0 Å². The molecule has 0 radical (unpaired) electrons. The molecule has 146 valence electrons. The van der Waals surface area contributed by atoms with Crippen molar-refractivity contribution in [2.24, 2.45) is 0 Å². The van der Waals surface area contributed by atoms with Gasteiger partial charge < -0.3 is 14.4 Å². The molecule has 0 spiro atoms. The highest BCUT2D eigenvalue weighted by atomic mass is 16.6. The van der Waals surface area contributed by atoms with E-state index < -0.39 is 5.60 Å². The van der Waals surface area contributed by atoms with Crippen molar-refractivity contribution in [3.63, 3.8) is 0 Å². The Morgan fingerprint density at radius 2 is 1.96 bits per heavy atom. The summed E-state index contributed by atoms with van der Waals surface area (Å²) in [4.78, 5) is 20.7. The number of nitrogens with zero attached hydrogens (tertiary/aromatic N) is 4. The number of piperazine rings is 1. The molecule has 1 aromatic carbocycles. The SMILES string of the molecule is COc1cccc(-c2n[nH]c(CN3CCN(C(=O)OC(C)(C)C)CC3)n2)c1. The largest absolute Gasteiger partial charge is 0.497 e. The second-order valence-corrected chi connectivity index (χ2v) is 7.58. The smallest absolute Gasteiger partial charge is 0.410 e. The number of hydrogen-bond donors (Lipinski definition) is 1. The van der Waals surface area contributed by atoms with Crippen molar-refractivity contribution in [3.8, 4) is 17.1 Å². The van der Waals surface area contributed by atoms with Gasteiger partial charge in [-0.25, -0.2) is 9.78 Å². The minimum atomic E-state index is -0.468. The van der Waals surface area contributed by atoms with Crippen molar-refractivity contribution in [1.29, 1.82) is 0 Å². The molecule has 3 rings (SSSR count). The van der Waals surface area contributed by atoms with E-state index in [0.29, 0.717) is 25.5 Å². The number of methoxy groups -OCH3 is 1. The third-order valence-electron chi connectivity index (χ3n) is 4.26. The van der Waals surface area contributed by atoms with Gasteiger partial charge in [0, 0.05) is 31.7 Å². The van der Waals surface area contributed by atoms with Crippen molar-refractivity contribution in [2.75, 3.05) is 33.3 Å². The second kappa shape index (κ2) is 7.96. The lowest BCUT2D eigenvalue weighted by atomic mass is 10.2. The number of aromatic amines is 1. The van der Waals surface area contributed by atoms with Gasteiger partial charge in [-0.2, -0.15) is 5.10 Å². The molecular weight excluding hydrogens is 346 g/mol. The summed E-state index contributed by atoms with van der Waals surface area (Å²) in [7, 11) is 1.64. The standard InChI is InChI=1S/C19H27N5O3/c1-19(2,3)27-18(25)24-10-8-23(9-11-24)13-16-20-17(22-21-16)14-6-5-7-15(12-14)26-4/h5-7,12H,8-11,13H2,1-4H3,(H,20,21,22). The highest BCUT2D eigenvalue weighted by Crippen LogP contribution is 2.21. The van der Waals surface area contributed by atoms with E-state index in [2.05, 4.69) is 20.1 Å². The van der Waals surface area contributed by atoms with Crippen molar-refractivity contribution < 1.29 is 14.3 Å². The molecule has 0 aliphatic carbocycles. The first-order valence-corrected chi connectivity index (χ1v) is 9.10. The number of hydrogen-bond acceptors (Lipinski definition) is 6. The highest BCUT2D eigenvalue weighted by Gasteiger charge is 2.26. The Hall–Kier alpha value is -2.61. The van der Waals surface area contributed by atoms with Gasteiger partial charge in [0.15, 0.2) is 5.82 Å². The summed E-state index contributed by atoms with van der Waals surface area (Å²) >= 11 is 0. The number of nitrogens with one attached hydrogen (secondary N) is 1. The zero-order valence-corrected chi connectivity index (χ0v) is 16.4. The minimum Gasteiger partial charge on any atom is -0.497 e. The van der Waals surface area contributed by atoms with Crippen LogP contribution < -0.4 is 4.74 Å². The molecular formula is C19H27N5O3. The van der Waals surface area contributed by atoms with Crippen LogP contribution >= 0.6 is 0 Å². The molecule has 8 nitrogen and oxygen atoms in total. The van der Waals surface area contributed by atoms with Gasteiger partial charge >= 0.3 is 6.09 Å². The summed E-state index contributed by atoms with van der Waals surface area (Å²) in [5.74, 6) is 2.23. The summed E-state index contributed by atoms with van der Waals surface area (Å²) in [5, 5.41) is 7.31. The third kappa shape index (κ3) is 5.19. The van der Waals surface area contributed by atoms with Crippen LogP contribution in [0.5, 0.6) is 5.75 Å². The third-order valence-corrected chi connectivity index (χ3v) is 4.26. The Labute approximate surface area is 159 Å². The maximum atomic E-state index is 12.1. The normalized spacial score (nSPS) is 15.6. The molecule has 1 fully saturated rings. The Morgan fingerprint density at radius 3 is 2.63 bits per heavy atom. The zero-order valence-electron chi connectivity index (χ0n) is 16.4. The van der Waals surface area contributed by atoms with E-state index in [0.717, 1.165) is 30.2 Å². The highest BCUT2D eigenvalue weighted by molar-refractivity contribution is 5.68. The van der Waals surface area contributed by atoms with Crippen molar-refractivity contribution in [1.82, 2.24) is 25.0 Å². The molecule has 1 aromatic heterocycles. The van der Waals surface area contributed by atoms with Crippen LogP contribution in [0.2, 0.25) is 0 Å². The molecule has 2 heterocycles. The number of carbonyl (C=O) groups excluding carboxylic acids is 1. The molecule has 1 aliphatic heterocycles. The molecule has 27 heavy (non-hydrogen) atoms. The fourth-order valence-corrected chi connectivity index (χ4v) is 2.88. The summed E-state index contributed by atoms with van der Waals surface area (Å²) in [5.41, 5.74) is 0.441. The van der Waals surface area contributed by atoms with E-state index in [1.54, 1.807) is 12.0 Å². The van der Waals surface area contributed by atoms with Crippen LogP contribution in [-0.2, 0) is 11.3 Å². The Kier molecular flexibility index (Phi) is 5.65. The fraction of sp³-hybridized carbons (Fsp3) is 0.526. The molecule has 8 heteroatoms. The van der Waals surface area contributed by atoms with Crippen molar-refractivity contribution in [2.45, 2.75) is 32.9 Å². The zero-order chi connectivity index (χ0) is 19.4. The van der Waals surface area contributed by atoms with E-state index in [-0.39, 0.29) is 6.09 Å². The molecule has 2 aromatic rings. The minimum absolute atomic E-state index is 0.248. The van der Waals surface area contributed by atoms with Gasteiger partial charge in [0.05, 0.1) is 13.7 Å². The molecule has 1 aliphatic rings. The number of carbonyl (C=O) groups is 1. The molecule has 1 amide bonds. The van der Waals surface area contributed by atoms with Gasteiger partial charge in [-0.05, 0) is 32.9 Å². The average molecular weight is 373 g/mol. The van der Waals surface area contributed by atoms with Crippen LogP contribution in [-0.4, -0.2) is 70.0 Å². The van der Waals surface area contributed by atoms with Gasteiger partial charge in [-0.3, -0.25) is 10.00 Å². The van der Waals surface area contributed by atoms with E-state index in [4.69, 9.17) is 9.47 Å². The summed E-state index contributed by atoms with van der Waals surface area (Å²) in [6.45, 7) is 9.14. The predicted octanol–water partition coefficient (Wildman–Crippen LogP) is 2.53. The van der Waals surface area contributed by atoms with Gasteiger partial charge in [-0.15, -0.1) is 0 Å². The monoisotopic (exact) mass is 373 g/mol. The Bertz CT molecular complexity index is 776. The number of amides is 1. The van der Waals surface area contributed by atoms with E-state index >= 15 is 0 Å². The number of H-pyrrole nitrogens is 1. The first-order chi connectivity index (χ1) is 12.8. The molecule has 0 unspecified atom stereocenters. The van der Waals surface area contributed by atoms with Crippen LogP contribution in [0.1, 0.15) is 26.6 Å². The number of ether oxygens (including phenoxy) is 2. The predicted molar refractivity (Wildman–Crippen MR) is 101 cm³/mol. The lowest BCUT2D eigenvalue weighted by molar-refractivity contribution is 0.0137. The Balaban J connectivity index is 1.54. The second-order valence-electron chi connectivity index (χ2n) is 7.58. The summed E-state index contributed by atoms with van der Waals surface area (Å²) in [6, 6.07) is 7.67. The van der Waals surface area contributed by atoms with Crippen LogP contribution in [0, 0.1) is 0 Å². The molecule has 0 bridgehead atoms. The lowest BCUT2D eigenvalue weighted by Gasteiger charge is -2.35. The summed E-state index contributed by atoms with van der Waals surface area (Å²) < 4.78 is 10.7. The van der Waals surface area contributed by atoms with E-state index in [1.165, 1.54) is 0 Å². The van der Waals surface area contributed by atoms with Gasteiger partial charge in [0.25, 0.3) is 0 Å². The van der Waals surface area contributed by atoms with Crippen LogP contribution in [0.3, 0.4) is 0 Å². The number of rotatable bonds is 4. The fourth-order valence-electron chi connectivity index (χ4n) is 2.88. The maximum Gasteiger partial charge on any atom is 0.410 e. The van der Waals surface area contributed by atoms with Crippen LogP contribution in [0.15, 0.2) is 24.3 Å². The Morgan fingerprint density at radius 1 is 1.22 bits per heavy atom. The molecule has 1 saturated heterocycles. The van der Waals surface area contributed by atoms with Crippen molar-refractivity contribution in [3.05, 3.63) is 30.1 Å². The van der Waals surface area contributed by atoms with Gasteiger partial charge in [-0.1, -0.05) is 12.1 Å². The number of benzene rings is 1. The van der Waals surface area contributed by atoms with Gasteiger partial charge in [0.2, 0.25) is 0 Å². The summed E-state index contributed by atoms with van der Waals surface area (Å²) in [6.07, 6.45) is -0.248. The lowest BCUT2D eigenvalue weighted by Crippen LogP contribution is -2.49. The maximum absolute atomic E-state index is 12.1. The van der Waals surface area contributed by atoms with Crippen LogP contribution in [0.25, 0.3) is 11.4 Å². The molecule has 0 atom stereocenters. The first kappa shape index (κ1) is 19.2. The average Bonchev–Trinajstić information content (AvgIpc) is 3.09. The quantitative estimate of drug-likeness (QED) is 0.887. The first-order valence-electron chi connectivity index (χ1n) is 9.10. The van der Waals surface area contributed by atoms with E-state index in [9.17, 15) is 4.79 Å².